The van der Waals surface area contributed by atoms with Crippen molar-refractivity contribution in [1.82, 2.24) is 0 Å². The maximum atomic E-state index is 11.6. The zero-order chi connectivity index (χ0) is 19.9. The third kappa shape index (κ3) is 13.2. The highest BCUT2D eigenvalue weighted by atomic mass is 16.7. The first-order chi connectivity index (χ1) is 12.3. The molecule has 0 aliphatic heterocycles. The molecule has 0 bridgehead atoms. The van der Waals surface area contributed by atoms with E-state index in [4.69, 9.17) is 18.9 Å². The van der Waals surface area contributed by atoms with Gasteiger partial charge in [-0.15, -0.1) is 0 Å². The van der Waals surface area contributed by atoms with Crippen LogP contribution in [-0.2, 0) is 38.1 Å². The van der Waals surface area contributed by atoms with Crippen LogP contribution in [0.4, 0.5) is 0 Å². The molecule has 150 valence electrons. The Labute approximate surface area is 154 Å². The Kier molecular flexibility index (Phi) is 12.9. The van der Waals surface area contributed by atoms with Crippen molar-refractivity contribution in [2.24, 2.45) is 0 Å². The van der Waals surface area contributed by atoms with Crippen molar-refractivity contribution in [3.05, 3.63) is 0 Å². The van der Waals surface area contributed by atoms with E-state index in [1.807, 2.05) is 0 Å². The van der Waals surface area contributed by atoms with Crippen LogP contribution in [0, 0.1) is 0 Å². The highest BCUT2D eigenvalue weighted by Gasteiger charge is 2.14. The summed E-state index contributed by atoms with van der Waals surface area (Å²) in [6.45, 7) is 6.31. The van der Waals surface area contributed by atoms with Gasteiger partial charge in [-0.2, -0.15) is 0 Å². The number of unbranched alkanes of at least 4 members (excludes halogenated alkanes) is 3. The number of ether oxygens (including phenoxy) is 4. The van der Waals surface area contributed by atoms with E-state index in [2.05, 4.69) is 0 Å². The van der Waals surface area contributed by atoms with Gasteiger partial charge in [0.15, 0.2) is 0 Å². The number of esters is 4. The van der Waals surface area contributed by atoms with Gasteiger partial charge in [0.25, 0.3) is 0 Å². The summed E-state index contributed by atoms with van der Waals surface area (Å²) in [6, 6.07) is 0. The normalized spacial score (nSPS) is 12.6. The molecule has 0 radical (unpaired) electrons. The zero-order valence-corrected chi connectivity index (χ0v) is 16.1. The van der Waals surface area contributed by atoms with E-state index in [0.717, 1.165) is 12.8 Å². The lowest BCUT2D eigenvalue weighted by Gasteiger charge is -2.14. The van der Waals surface area contributed by atoms with Gasteiger partial charge in [0.05, 0.1) is 0 Å². The third-order valence-electron chi connectivity index (χ3n) is 3.28. The molecule has 0 N–H and O–H groups in total. The number of rotatable bonds is 13. The summed E-state index contributed by atoms with van der Waals surface area (Å²) < 4.78 is 19.6. The highest BCUT2D eigenvalue weighted by Crippen LogP contribution is 2.09. The second-order valence-electron chi connectivity index (χ2n) is 5.72. The minimum Gasteiger partial charge on any atom is -0.425 e. The van der Waals surface area contributed by atoms with Crippen LogP contribution in [0.3, 0.4) is 0 Å². The van der Waals surface area contributed by atoms with Gasteiger partial charge >= 0.3 is 23.9 Å². The monoisotopic (exact) mass is 374 g/mol. The summed E-state index contributed by atoms with van der Waals surface area (Å²) in [6.07, 6.45) is 1.89. The topological polar surface area (TPSA) is 105 Å². The molecule has 0 aromatic rings. The van der Waals surface area contributed by atoms with Gasteiger partial charge in [-0.1, -0.05) is 26.7 Å². The lowest BCUT2D eigenvalue weighted by molar-refractivity contribution is -0.186. The lowest BCUT2D eigenvalue weighted by Crippen LogP contribution is -2.21. The molecule has 0 amide bonds. The molecule has 0 aliphatic carbocycles. The predicted octanol–water partition coefficient (Wildman–Crippen LogP) is 3.01. The number of hydrogen-bond acceptors (Lipinski definition) is 8. The average Bonchev–Trinajstić information content (AvgIpc) is 2.57. The van der Waals surface area contributed by atoms with Gasteiger partial charge in [-0.3, -0.25) is 19.2 Å². The zero-order valence-electron chi connectivity index (χ0n) is 16.1. The van der Waals surface area contributed by atoms with E-state index in [9.17, 15) is 19.2 Å². The summed E-state index contributed by atoms with van der Waals surface area (Å²) in [7, 11) is 0. The number of carbonyl (C=O) groups excluding carboxylic acids is 4. The molecule has 0 aromatic carbocycles. The van der Waals surface area contributed by atoms with Crippen LogP contribution in [0.2, 0.25) is 0 Å². The molecule has 0 aromatic heterocycles. The standard InChI is InChI=1S/C18H30O8/c1-5-15(19)23-13(3)25-17(21)11-9-7-8-10-12-18(22)26-14(4)24-16(20)6-2/h13-14H,5-12H2,1-4H3. The van der Waals surface area contributed by atoms with Gasteiger partial charge in [-0.25, -0.2) is 0 Å². The van der Waals surface area contributed by atoms with Crippen LogP contribution in [-0.4, -0.2) is 36.5 Å². The molecule has 8 heteroatoms. The Balaban J connectivity index is 3.68. The third-order valence-corrected chi connectivity index (χ3v) is 3.28. The Morgan fingerprint density at radius 2 is 0.885 bits per heavy atom. The minimum absolute atomic E-state index is 0.225. The molecule has 2 atom stereocenters. The maximum Gasteiger partial charge on any atom is 0.308 e. The molecule has 26 heavy (non-hydrogen) atoms. The summed E-state index contributed by atoms with van der Waals surface area (Å²) >= 11 is 0. The van der Waals surface area contributed by atoms with E-state index >= 15 is 0 Å². The smallest absolute Gasteiger partial charge is 0.308 e. The van der Waals surface area contributed by atoms with Crippen molar-refractivity contribution in [3.8, 4) is 0 Å². The fourth-order valence-corrected chi connectivity index (χ4v) is 1.97. The Hall–Kier alpha value is -2.12. The van der Waals surface area contributed by atoms with Crippen molar-refractivity contribution < 1.29 is 38.1 Å². The van der Waals surface area contributed by atoms with E-state index < -0.39 is 36.5 Å². The maximum absolute atomic E-state index is 11.6. The average molecular weight is 374 g/mol. The second kappa shape index (κ2) is 14.1. The highest BCUT2D eigenvalue weighted by molar-refractivity contribution is 5.71. The van der Waals surface area contributed by atoms with Crippen molar-refractivity contribution in [1.29, 1.82) is 0 Å². The fraction of sp³-hybridized carbons (Fsp3) is 0.778. The van der Waals surface area contributed by atoms with Gasteiger partial charge < -0.3 is 18.9 Å². The molecule has 0 saturated carbocycles. The molecular weight excluding hydrogens is 344 g/mol. The number of carbonyl (C=O) groups is 4. The second-order valence-corrected chi connectivity index (χ2v) is 5.72. The fourth-order valence-electron chi connectivity index (χ4n) is 1.97. The van der Waals surface area contributed by atoms with Crippen molar-refractivity contribution >= 4 is 23.9 Å². The molecule has 0 fully saturated rings. The molecule has 0 spiro atoms. The van der Waals surface area contributed by atoms with Crippen LogP contribution in [0.25, 0.3) is 0 Å². The minimum atomic E-state index is -0.881. The van der Waals surface area contributed by atoms with E-state index in [-0.39, 0.29) is 25.7 Å². The molecule has 2 unspecified atom stereocenters. The Bertz CT molecular complexity index is 418. The van der Waals surface area contributed by atoms with Gasteiger partial charge in [-0.05, 0) is 12.8 Å². The van der Waals surface area contributed by atoms with Crippen LogP contribution in [0.15, 0.2) is 0 Å². The van der Waals surface area contributed by atoms with Crippen LogP contribution < -0.4 is 0 Å². The van der Waals surface area contributed by atoms with Crippen molar-refractivity contribution in [3.63, 3.8) is 0 Å². The predicted molar refractivity (Wildman–Crippen MR) is 91.6 cm³/mol. The first-order valence-electron chi connectivity index (χ1n) is 9.06. The first-order valence-corrected chi connectivity index (χ1v) is 9.06. The Morgan fingerprint density at radius 3 is 1.19 bits per heavy atom. The van der Waals surface area contributed by atoms with E-state index in [1.165, 1.54) is 13.8 Å². The first kappa shape index (κ1) is 23.9. The summed E-state index contributed by atoms with van der Waals surface area (Å²) in [5.41, 5.74) is 0. The lowest BCUT2D eigenvalue weighted by atomic mass is 10.1. The molecule has 0 aliphatic rings. The summed E-state index contributed by atoms with van der Waals surface area (Å²) in [4.78, 5) is 45.2. The van der Waals surface area contributed by atoms with Crippen LogP contribution in [0.1, 0.15) is 79.1 Å². The van der Waals surface area contributed by atoms with E-state index in [1.54, 1.807) is 13.8 Å². The molecule has 0 heterocycles. The quantitative estimate of drug-likeness (QED) is 0.275. The Morgan fingerprint density at radius 1 is 0.577 bits per heavy atom. The summed E-state index contributed by atoms with van der Waals surface area (Å²) in [5.74, 6) is -1.69. The molecule has 8 nitrogen and oxygen atoms in total. The molecule has 0 saturated heterocycles. The summed E-state index contributed by atoms with van der Waals surface area (Å²) in [5, 5.41) is 0. The van der Waals surface area contributed by atoms with Gasteiger partial charge in [0.2, 0.25) is 12.6 Å². The van der Waals surface area contributed by atoms with Gasteiger partial charge in [0, 0.05) is 39.5 Å². The van der Waals surface area contributed by atoms with Crippen LogP contribution in [0.5, 0.6) is 0 Å². The SMILES string of the molecule is CCC(=O)OC(C)OC(=O)CCCCCCC(=O)OC(C)OC(=O)CC. The van der Waals surface area contributed by atoms with Gasteiger partial charge in [0.1, 0.15) is 0 Å². The van der Waals surface area contributed by atoms with Crippen molar-refractivity contribution in [2.75, 3.05) is 0 Å². The molecule has 0 rings (SSSR count). The number of hydrogen-bond donors (Lipinski definition) is 0. The van der Waals surface area contributed by atoms with E-state index in [0.29, 0.717) is 12.8 Å². The largest absolute Gasteiger partial charge is 0.425 e. The van der Waals surface area contributed by atoms with Crippen molar-refractivity contribution in [2.45, 2.75) is 91.6 Å². The molecular formula is C18H30O8. The van der Waals surface area contributed by atoms with Crippen LogP contribution >= 0.6 is 0 Å².